The van der Waals surface area contributed by atoms with E-state index in [0.717, 1.165) is 5.56 Å². The van der Waals surface area contributed by atoms with E-state index >= 15 is 0 Å². The zero-order chi connectivity index (χ0) is 12.5. The molecule has 0 saturated heterocycles. The predicted molar refractivity (Wildman–Crippen MR) is 74.6 cm³/mol. The van der Waals surface area contributed by atoms with E-state index in [2.05, 4.69) is 32.5 Å². The molecule has 0 radical (unpaired) electrons. The van der Waals surface area contributed by atoms with Crippen molar-refractivity contribution < 1.29 is 4.74 Å². The summed E-state index contributed by atoms with van der Waals surface area (Å²) in [6.07, 6.45) is 0. The van der Waals surface area contributed by atoms with Gasteiger partial charge in [0, 0.05) is 10.3 Å². The molecular weight excluding hydrogens is 266 g/mol. The summed E-state index contributed by atoms with van der Waals surface area (Å²) in [6, 6.07) is 8.53. The second kappa shape index (κ2) is 4.47. The molecule has 18 heavy (non-hydrogen) atoms. The molecule has 4 nitrogen and oxygen atoms in total. The number of thiophene rings is 1. The third-order valence-electron chi connectivity index (χ3n) is 2.56. The molecule has 0 saturated carbocycles. The van der Waals surface area contributed by atoms with Crippen molar-refractivity contribution in [2.45, 2.75) is 0 Å². The van der Waals surface area contributed by atoms with Gasteiger partial charge in [0.1, 0.15) is 5.82 Å². The Kier molecular flexibility index (Phi) is 2.81. The Labute approximate surface area is 112 Å². The highest BCUT2D eigenvalue weighted by atomic mass is 32.1. The van der Waals surface area contributed by atoms with Gasteiger partial charge in [-0.3, -0.25) is 4.98 Å². The molecule has 1 N–H and O–H groups in total. The molecule has 0 spiro atoms. The number of hydrogen-bond acceptors (Lipinski definition) is 5. The number of H-pyrrole nitrogens is 1. The van der Waals surface area contributed by atoms with Crippen molar-refractivity contribution >= 4 is 33.6 Å². The van der Waals surface area contributed by atoms with Crippen LogP contribution in [0, 0.1) is 4.77 Å². The van der Waals surface area contributed by atoms with Crippen LogP contribution in [0.3, 0.4) is 0 Å². The molecule has 0 bridgehead atoms. The largest absolute Gasteiger partial charge is 0.468 e. The van der Waals surface area contributed by atoms with Crippen molar-refractivity contribution in [3.63, 3.8) is 0 Å². The minimum Gasteiger partial charge on any atom is -0.468 e. The van der Waals surface area contributed by atoms with Crippen molar-refractivity contribution in [3.8, 4) is 17.4 Å². The zero-order valence-electron chi connectivity index (χ0n) is 9.51. The van der Waals surface area contributed by atoms with Gasteiger partial charge >= 0.3 is 0 Å². The summed E-state index contributed by atoms with van der Waals surface area (Å²) < 4.78 is 6.52. The van der Waals surface area contributed by atoms with Crippen molar-refractivity contribution in [1.82, 2.24) is 15.0 Å². The number of aromatic amines is 1. The fourth-order valence-electron chi connectivity index (χ4n) is 1.77. The fraction of sp³-hybridized carbons (Fsp3) is 0.0833. The van der Waals surface area contributed by atoms with Crippen LogP contribution in [0.2, 0.25) is 0 Å². The number of hydrogen-bond donors (Lipinski definition) is 1. The highest BCUT2D eigenvalue weighted by molar-refractivity contribution is 7.71. The highest BCUT2D eigenvalue weighted by Gasteiger charge is 2.08. The number of nitrogens with one attached hydrogen (secondary N) is 1. The molecule has 2 aromatic heterocycles. The molecule has 0 amide bonds. The maximum Gasteiger partial charge on any atom is 0.297 e. The van der Waals surface area contributed by atoms with Crippen LogP contribution in [-0.4, -0.2) is 22.1 Å². The van der Waals surface area contributed by atoms with Crippen molar-refractivity contribution in [3.05, 3.63) is 34.4 Å². The minimum absolute atomic E-state index is 0.272. The average molecular weight is 275 g/mol. The topological polar surface area (TPSA) is 50.8 Å². The van der Waals surface area contributed by atoms with Crippen LogP contribution in [-0.2, 0) is 0 Å². The number of methoxy groups -OCH3 is 1. The van der Waals surface area contributed by atoms with Gasteiger partial charge in [0.05, 0.1) is 7.11 Å². The molecule has 3 aromatic rings. The maximum atomic E-state index is 5.08. The Balaban J connectivity index is 2.28. The fourth-order valence-corrected chi connectivity index (χ4v) is 2.86. The van der Waals surface area contributed by atoms with E-state index in [1.54, 1.807) is 18.4 Å². The average Bonchev–Trinajstić information content (AvgIpc) is 2.85. The molecule has 0 fully saturated rings. The molecular formula is C12H9N3OS2. The quantitative estimate of drug-likeness (QED) is 0.728. The first-order valence-electron chi connectivity index (χ1n) is 5.27. The number of benzene rings is 1. The number of ether oxygens (including phenoxy) is 1. The van der Waals surface area contributed by atoms with Crippen LogP contribution in [0.1, 0.15) is 0 Å². The van der Waals surface area contributed by atoms with Crippen LogP contribution in [0.25, 0.3) is 21.5 Å². The predicted octanol–water partition coefficient (Wildman–Crippen LogP) is 3.42. The lowest BCUT2D eigenvalue weighted by molar-refractivity contribution is 0.378. The van der Waals surface area contributed by atoms with Gasteiger partial charge in [0.2, 0.25) is 4.77 Å². The lowest BCUT2D eigenvalue weighted by Gasteiger charge is -2.04. The number of fused-ring (bicyclic) bond motifs is 1. The summed E-state index contributed by atoms with van der Waals surface area (Å²) in [4.78, 5) is 11.3. The van der Waals surface area contributed by atoms with Gasteiger partial charge < -0.3 is 4.74 Å². The van der Waals surface area contributed by atoms with Crippen molar-refractivity contribution in [2.24, 2.45) is 0 Å². The second-order valence-corrected chi connectivity index (χ2v) is 4.91. The molecule has 3 rings (SSSR count). The van der Waals surface area contributed by atoms with Gasteiger partial charge in [0.15, 0.2) is 0 Å². The Morgan fingerprint density at radius 2 is 2.17 bits per heavy atom. The van der Waals surface area contributed by atoms with Crippen LogP contribution in [0.5, 0.6) is 6.01 Å². The summed E-state index contributed by atoms with van der Waals surface area (Å²) in [5.74, 6) is 0.680. The van der Waals surface area contributed by atoms with Gasteiger partial charge in [-0.15, -0.1) is 11.3 Å². The third kappa shape index (κ3) is 1.89. The number of rotatable bonds is 2. The Morgan fingerprint density at radius 3 is 3.00 bits per heavy atom. The summed E-state index contributed by atoms with van der Waals surface area (Å²) in [6.45, 7) is 0. The van der Waals surface area contributed by atoms with Gasteiger partial charge in [-0.25, -0.2) is 4.98 Å². The highest BCUT2D eigenvalue weighted by Crippen LogP contribution is 2.30. The molecule has 6 heteroatoms. The Bertz CT molecular complexity index is 763. The molecule has 2 heterocycles. The number of aromatic nitrogens is 3. The molecule has 0 aliphatic rings. The molecule has 0 aliphatic heterocycles. The summed E-state index contributed by atoms with van der Waals surface area (Å²) in [5, 5.41) is 3.25. The zero-order valence-corrected chi connectivity index (χ0v) is 11.1. The summed E-state index contributed by atoms with van der Waals surface area (Å²) in [5.41, 5.74) is 1.01. The van der Waals surface area contributed by atoms with E-state index in [1.807, 2.05) is 12.1 Å². The summed E-state index contributed by atoms with van der Waals surface area (Å²) >= 11 is 6.71. The van der Waals surface area contributed by atoms with E-state index in [4.69, 9.17) is 17.0 Å². The molecule has 0 unspecified atom stereocenters. The lowest BCUT2D eigenvalue weighted by Crippen LogP contribution is -1.97. The first-order valence-corrected chi connectivity index (χ1v) is 6.55. The van der Waals surface area contributed by atoms with E-state index < -0.39 is 0 Å². The van der Waals surface area contributed by atoms with E-state index in [-0.39, 0.29) is 4.77 Å². The molecule has 90 valence electrons. The lowest BCUT2D eigenvalue weighted by atomic mass is 10.1. The van der Waals surface area contributed by atoms with E-state index in [1.165, 1.54) is 10.1 Å². The van der Waals surface area contributed by atoms with Crippen molar-refractivity contribution in [2.75, 3.05) is 7.11 Å². The third-order valence-corrected chi connectivity index (χ3v) is 3.70. The summed E-state index contributed by atoms with van der Waals surface area (Å²) in [7, 11) is 1.54. The normalized spacial score (nSPS) is 10.7. The van der Waals surface area contributed by atoms with Gasteiger partial charge in [0.25, 0.3) is 6.01 Å². The van der Waals surface area contributed by atoms with Crippen LogP contribution < -0.4 is 4.74 Å². The molecule has 1 aromatic carbocycles. The van der Waals surface area contributed by atoms with Crippen LogP contribution in [0.15, 0.2) is 29.6 Å². The minimum atomic E-state index is 0.272. The van der Waals surface area contributed by atoms with Gasteiger partial charge in [-0.05, 0) is 35.1 Å². The number of nitrogens with zero attached hydrogens (tertiary/aromatic N) is 2. The van der Waals surface area contributed by atoms with Crippen molar-refractivity contribution in [1.29, 1.82) is 0 Å². The smallest absolute Gasteiger partial charge is 0.297 e. The van der Waals surface area contributed by atoms with Crippen LogP contribution in [0.4, 0.5) is 0 Å². The maximum absolute atomic E-state index is 5.08. The Hall–Kier alpha value is -1.79. The van der Waals surface area contributed by atoms with E-state index in [9.17, 15) is 0 Å². The standard InChI is InChI=1S/C12H9N3OS2/c1-16-11-13-10(14-12(17)15-11)8-4-2-3-7-5-6-18-9(7)8/h2-6H,1H3,(H,13,14,15,17). The monoisotopic (exact) mass is 275 g/mol. The van der Waals surface area contributed by atoms with E-state index in [0.29, 0.717) is 11.8 Å². The molecule has 0 aliphatic carbocycles. The Morgan fingerprint density at radius 1 is 1.28 bits per heavy atom. The van der Waals surface area contributed by atoms with Gasteiger partial charge in [-0.1, -0.05) is 12.1 Å². The van der Waals surface area contributed by atoms with Crippen LogP contribution >= 0.6 is 23.6 Å². The SMILES string of the molecule is COc1nc(=S)nc(-c2cccc3ccsc23)[nH]1. The van der Waals surface area contributed by atoms with Gasteiger partial charge in [-0.2, -0.15) is 4.98 Å². The molecule has 0 atom stereocenters. The first kappa shape index (κ1) is 11.3. The second-order valence-electron chi connectivity index (χ2n) is 3.63. The first-order chi connectivity index (χ1) is 8.78.